The van der Waals surface area contributed by atoms with E-state index in [-0.39, 0.29) is 6.42 Å². The van der Waals surface area contributed by atoms with E-state index in [9.17, 15) is 13.2 Å². The molecule has 0 aromatic heterocycles. The van der Waals surface area contributed by atoms with E-state index in [1.54, 1.807) is 6.42 Å². The molecule has 0 spiro atoms. The summed E-state index contributed by atoms with van der Waals surface area (Å²) < 4.78 is 29.0. The Morgan fingerprint density at radius 3 is 2.33 bits per heavy atom. The third-order valence-electron chi connectivity index (χ3n) is 2.24. The van der Waals surface area contributed by atoms with Crippen molar-refractivity contribution in [2.45, 2.75) is 44.9 Å². The molecule has 0 heterocycles. The smallest absolute Gasteiger partial charge is 0.301 e. The lowest BCUT2D eigenvalue weighted by Gasteiger charge is -2.01. The monoisotopic (exact) mass is 279 g/mol. The predicted molar refractivity (Wildman–Crippen MR) is 65.5 cm³/mol. The van der Waals surface area contributed by atoms with Gasteiger partial charge in [0.15, 0.2) is 0 Å². The Labute approximate surface area is 108 Å². The Morgan fingerprint density at radius 1 is 1.11 bits per heavy atom. The molecule has 0 aliphatic rings. The van der Waals surface area contributed by atoms with E-state index in [1.165, 1.54) is 6.42 Å². The maximum Gasteiger partial charge on any atom is 0.342 e. The van der Waals surface area contributed by atoms with Crippen molar-refractivity contribution in [3.8, 4) is 0 Å². The van der Waals surface area contributed by atoms with E-state index in [4.69, 9.17) is 9.81 Å². The number of hydrogen-bond acceptors (Lipinski definition) is 5. The van der Waals surface area contributed by atoms with Crippen LogP contribution < -0.4 is 0 Å². The third kappa shape index (κ3) is 13.4. The lowest BCUT2D eigenvalue weighted by atomic mass is 10.1. The summed E-state index contributed by atoms with van der Waals surface area (Å²) in [6.07, 6.45) is 8.38. The molecule has 18 heavy (non-hydrogen) atoms. The van der Waals surface area contributed by atoms with Crippen molar-refractivity contribution in [1.29, 1.82) is 0 Å². The van der Waals surface area contributed by atoms with Crippen LogP contribution in [0.15, 0.2) is 0 Å². The lowest BCUT2D eigenvalue weighted by molar-refractivity contribution is -0.234. The normalized spacial score (nSPS) is 11.4. The number of rotatable bonds is 11. The van der Waals surface area contributed by atoms with Gasteiger partial charge in [-0.05, 0) is 25.7 Å². The summed E-state index contributed by atoms with van der Waals surface area (Å²) in [4.78, 5) is 14.1. The highest BCUT2D eigenvalue weighted by molar-refractivity contribution is 7.88. The van der Waals surface area contributed by atoms with E-state index in [2.05, 4.69) is 4.89 Å². The van der Waals surface area contributed by atoms with E-state index in [0.717, 1.165) is 37.9 Å². The first-order valence-electron chi connectivity index (χ1n) is 5.77. The van der Waals surface area contributed by atoms with Crippen LogP contribution in [0.2, 0.25) is 0 Å². The fourth-order valence-corrected chi connectivity index (χ4v) is 1.67. The maximum absolute atomic E-state index is 10.5. The summed E-state index contributed by atoms with van der Waals surface area (Å²) in [7, 11) is -4.02. The molecule has 0 atom stereocenters. The fraction of sp³-hybridized carbons (Fsp3) is 0.636. The fourth-order valence-electron chi connectivity index (χ4n) is 1.36. The van der Waals surface area contributed by atoms with Crippen molar-refractivity contribution in [1.82, 2.24) is 0 Å². The van der Waals surface area contributed by atoms with E-state index >= 15 is 0 Å². The van der Waals surface area contributed by atoms with Crippen molar-refractivity contribution in [2.24, 2.45) is 0 Å². The molecule has 0 aliphatic heterocycles. The molecule has 2 N–H and O–H groups in total. The molecule has 3 radical (unpaired) electrons. The van der Waals surface area contributed by atoms with Crippen LogP contribution >= 0.6 is 0 Å². The summed E-state index contributed by atoms with van der Waals surface area (Å²) in [6, 6.07) is 0. The molecule has 0 unspecified atom stereocenters. The Hall–Kier alpha value is -0.660. The molecule has 105 valence electrons. The van der Waals surface area contributed by atoms with Crippen molar-refractivity contribution < 1.29 is 27.9 Å². The van der Waals surface area contributed by atoms with Gasteiger partial charge in [0.2, 0.25) is 0 Å². The van der Waals surface area contributed by atoms with E-state index < -0.39 is 16.1 Å². The molecular formula is C11H19O6S. The minimum absolute atomic E-state index is 0.222. The first-order chi connectivity index (χ1) is 8.45. The predicted octanol–water partition coefficient (Wildman–Crippen LogP) is 2.19. The molecular weight excluding hydrogens is 260 g/mol. The highest BCUT2D eigenvalue weighted by Crippen LogP contribution is 2.10. The third-order valence-corrected chi connectivity index (χ3v) is 2.74. The number of carbonyl (C=O) groups excluding carboxylic acids is 1. The summed E-state index contributed by atoms with van der Waals surface area (Å²) in [5.74, 6) is 0.131. The average Bonchev–Trinajstić information content (AvgIpc) is 2.29. The van der Waals surface area contributed by atoms with Gasteiger partial charge in [0.05, 0.1) is 0 Å². The second-order valence-electron chi connectivity index (χ2n) is 3.85. The summed E-state index contributed by atoms with van der Waals surface area (Å²) in [6.45, 7) is 0. The zero-order valence-electron chi connectivity index (χ0n) is 10.1. The Balaban J connectivity index is 3.15. The van der Waals surface area contributed by atoms with Crippen LogP contribution in [0.1, 0.15) is 44.9 Å². The van der Waals surface area contributed by atoms with Crippen molar-refractivity contribution in [3.63, 3.8) is 0 Å². The van der Waals surface area contributed by atoms with Crippen LogP contribution in [-0.2, 0) is 19.8 Å². The van der Waals surface area contributed by atoms with Gasteiger partial charge in [-0.1, -0.05) is 25.7 Å². The van der Waals surface area contributed by atoms with Gasteiger partial charge in [-0.15, -0.1) is 0 Å². The SMILES string of the molecule is O=C(CCCCCCC[CH][CH][CH]S(=O)(=O)O)OO. The van der Waals surface area contributed by atoms with Crippen LogP contribution in [0.5, 0.6) is 0 Å². The van der Waals surface area contributed by atoms with Crippen molar-refractivity contribution in [3.05, 3.63) is 18.6 Å². The van der Waals surface area contributed by atoms with Gasteiger partial charge >= 0.3 is 5.97 Å². The Morgan fingerprint density at radius 2 is 1.72 bits per heavy atom. The largest absolute Gasteiger partial charge is 0.342 e. The molecule has 0 bridgehead atoms. The maximum atomic E-state index is 10.5. The van der Waals surface area contributed by atoms with Crippen LogP contribution in [0.4, 0.5) is 0 Å². The molecule has 0 rings (SSSR count). The minimum atomic E-state index is -4.02. The molecule has 0 aromatic rings. The highest BCUT2D eigenvalue weighted by Gasteiger charge is 2.04. The van der Waals surface area contributed by atoms with Crippen LogP contribution in [0.25, 0.3) is 0 Å². The Bertz CT molecular complexity index is 311. The van der Waals surface area contributed by atoms with Gasteiger partial charge in [0, 0.05) is 6.42 Å². The van der Waals surface area contributed by atoms with Gasteiger partial charge in [-0.3, -0.25) is 4.55 Å². The number of unbranched alkanes of at least 4 members (excludes halogenated alkanes) is 7. The molecule has 0 amide bonds. The number of carbonyl (C=O) groups is 1. The summed E-state index contributed by atoms with van der Waals surface area (Å²) in [5, 5.41) is 7.99. The Kier molecular flexibility index (Phi) is 9.90. The molecule has 0 fully saturated rings. The van der Waals surface area contributed by atoms with Gasteiger partial charge in [0.1, 0.15) is 5.75 Å². The van der Waals surface area contributed by atoms with E-state index in [1.807, 2.05) is 0 Å². The van der Waals surface area contributed by atoms with Crippen LogP contribution in [0.3, 0.4) is 0 Å². The minimum Gasteiger partial charge on any atom is -0.301 e. The summed E-state index contributed by atoms with van der Waals surface area (Å²) in [5.41, 5.74) is 0. The molecule has 0 aromatic carbocycles. The molecule has 0 saturated heterocycles. The second kappa shape index (κ2) is 10.3. The van der Waals surface area contributed by atoms with E-state index in [0.29, 0.717) is 6.42 Å². The zero-order valence-corrected chi connectivity index (χ0v) is 10.9. The second-order valence-corrected chi connectivity index (χ2v) is 5.15. The van der Waals surface area contributed by atoms with Crippen molar-refractivity contribution in [2.75, 3.05) is 0 Å². The molecule has 7 heteroatoms. The van der Waals surface area contributed by atoms with Crippen molar-refractivity contribution >= 4 is 16.1 Å². The number of hydrogen-bond donors (Lipinski definition) is 2. The average molecular weight is 279 g/mol. The van der Waals surface area contributed by atoms with Crippen LogP contribution in [-0.4, -0.2) is 24.2 Å². The first kappa shape index (κ1) is 17.3. The first-order valence-corrected chi connectivity index (χ1v) is 7.27. The molecule has 0 saturated carbocycles. The lowest BCUT2D eigenvalue weighted by Crippen LogP contribution is -1.99. The van der Waals surface area contributed by atoms with Crippen LogP contribution in [0, 0.1) is 18.6 Å². The zero-order chi connectivity index (χ0) is 13.9. The van der Waals surface area contributed by atoms with Gasteiger partial charge in [-0.2, -0.15) is 13.7 Å². The van der Waals surface area contributed by atoms with Gasteiger partial charge < -0.3 is 4.89 Å². The highest BCUT2D eigenvalue weighted by atomic mass is 32.2. The summed E-state index contributed by atoms with van der Waals surface area (Å²) >= 11 is 0. The molecule has 6 nitrogen and oxygen atoms in total. The van der Waals surface area contributed by atoms with Gasteiger partial charge in [-0.25, -0.2) is 4.79 Å². The standard InChI is InChI=1S/C11H19O6S/c12-11(17-13)9-7-5-3-1-2-4-6-8-10-18(14,15)16/h6,8,10,13H,1-5,7,9H2,(H,14,15,16). The molecule has 0 aliphatic carbocycles. The van der Waals surface area contributed by atoms with Gasteiger partial charge in [0.25, 0.3) is 10.1 Å². The topological polar surface area (TPSA) is 101 Å². The quantitative estimate of drug-likeness (QED) is 0.260.